The molecular weight excluding hydrogens is 272 g/mol. The first kappa shape index (κ1) is 12.2. The molecule has 108 valence electrons. The molecule has 2 heterocycles. The molecule has 2 aromatic rings. The lowest BCUT2D eigenvalue weighted by Crippen LogP contribution is -2.23. The van der Waals surface area contributed by atoms with Crippen LogP contribution in [-0.4, -0.2) is 23.9 Å². The van der Waals surface area contributed by atoms with E-state index in [2.05, 4.69) is 0 Å². The van der Waals surface area contributed by atoms with E-state index in [1.165, 1.54) is 7.11 Å². The minimum atomic E-state index is -0.220. The summed E-state index contributed by atoms with van der Waals surface area (Å²) in [6, 6.07) is 8.65. The van der Waals surface area contributed by atoms with Crippen LogP contribution in [0, 0.1) is 0 Å². The smallest absolute Gasteiger partial charge is 0.201 e. The van der Waals surface area contributed by atoms with Gasteiger partial charge >= 0.3 is 0 Å². The van der Waals surface area contributed by atoms with Gasteiger partial charge in [-0.05, 0) is 18.2 Å². The summed E-state index contributed by atoms with van der Waals surface area (Å²) in [6.45, 7) is 0.413. The zero-order valence-electron chi connectivity index (χ0n) is 11.4. The van der Waals surface area contributed by atoms with Gasteiger partial charge in [-0.15, -0.1) is 0 Å². The molecule has 21 heavy (non-hydrogen) atoms. The quantitative estimate of drug-likeness (QED) is 0.843. The molecule has 0 aromatic heterocycles. The van der Waals surface area contributed by atoms with E-state index in [1.54, 1.807) is 18.2 Å². The fourth-order valence-electron chi connectivity index (χ4n) is 3.05. The van der Waals surface area contributed by atoms with Crippen LogP contribution >= 0.6 is 0 Å². The van der Waals surface area contributed by atoms with Crippen molar-refractivity contribution in [3.63, 3.8) is 0 Å². The zero-order valence-corrected chi connectivity index (χ0v) is 11.4. The Balaban J connectivity index is 1.81. The van der Waals surface area contributed by atoms with Crippen molar-refractivity contribution in [1.29, 1.82) is 0 Å². The summed E-state index contributed by atoms with van der Waals surface area (Å²) in [6.07, 6.45) is -0.220. The van der Waals surface area contributed by atoms with Gasteiger partial charge in [0.1, 0.15) is 17.6 Å². The molecule has 0 aliphatic carbocycles. The Kier molecular flexibility index (Phi) is 2.45. The molecule has 2 aliphatic heterocycles. The number of hydrogen-bond donors (Lipinski definition) is 2. The fraction of sp³-hybridized carbons (Fsp3) is 0.250. The van der Waals surface area contributed by atoms with Crippen LogP contribution < -0.4 is 14.2 Å². The maximum Gasteiger partial charge on any atom is 0.201 e. The van der Waals surface area contributed by atoms with Gasteiger partial charge in [-0.1, -0.05) is 6.07 Å². The van der Waals surface area contributed by atoms with Gasteiger partial charge in [-0.3, -0.25) is 0 Å². The van der Waals surface area contributed by atoms with Crippen LogP contribution in [0.15, 0.2) is 30.3 Å². The summed E-state index contributed by atoms with van der Waals surface area (Å²) in [5.41, 5.74) is 1.80. The third-order valence-corrected chi connectivity index (χ3v) is 4.07. The molecule has 2 N–H and O–H groups in total. The highest BCUT2D eigenvalue weighted by molar-refractivity contribution is 5.59. The molecular formula is C16H14O5. The van der Waals surface area contributed by atoms with E-state index in [-0.39, 0.29) is 23.5 Å². The van der Waals surface area contributed by atoms with Crippen LogP contribution in [-0.2, 0) is 0 Å². The van der Waals surface area contributed by atoms with Crippen LogP contribution in [0.4, 0.5) is 0 Å². The standard InChI is InChI=1S/C16H14O5/c1-19-12-5-4-10-15-11(7-20-16(10)14(12)18)9-3-2-8(17)6-13(9)21-15/h2-6,11,15,17-18H,7H2,1H3/t11-,15-/m0/s1. The maximum absolute atomic E-state index is 10.2. The predicted octanol–water partition coefficient (Wildman–Crippen LogP) is 2.72. The second kappa shape index (κ2) is 4.22. The van der Waals surface area contributed by atoms with E-state index >= 15 is 0 Å². The highest BCUT2D eigenvalue weighted by Gasteiger charge is 2.42. The number of methoxy groups -OCH3 is 1. The molecule has 0 saturated heterocycles. The van der Waals surface area contributed by atoms with Crippen molar-refractivity contribution in [2.24, 2.45) is 0 Å². The van der Waals surface area contributed by atoms with Crippen molar-refractivity contribution in [1.82, 2.24) is 0 Å². The van der Waals surface area contributed by atoms with E-state index in [4.69, 9.17) is 14.2 Å². The van der Waals surface area contributed by atoms with E-state index < -0.39 is 0 Å². The first-order valence-electron chi connectivity index (χ1n) is 6.71. The highest BCUT2D eigenvalue weighted by atomic mass is 16.5. The zero-order chi connectivity index (χ0) is 14.6. The molecule has 0 unspecified atom stereocenters. The molecule has 0 spiro atoms. The van der Waals surface area contributed by atoms with Gasteiger partial charge in [-0.25, -0.2) is 0 Å². The number of aromatic hydroxyl groups is 2. The maximum atomic E-state index is 10.2. The summed E-state index contributed by atoms with van der Waals surface area (Å²) in [5.74, 6) is 1.67. The lowest BCUT2D eigenvalue weighted by atomic mass is 9.89. The number of benzene rings is 2. The molecule has 0 fully saturated rings. The Morgan fingerprint density at radius 3 is 2.76 bits per heavy atom. The Bertz CT molecular complexity index is 725. The van der Waals surface area contributed by atoms with Crippen molar-refractivity contribution in [3.8, 4) is 28.7 Å². The van der Waals surface area contributed by atoms with Gasteiger partial charge in [0.05, 0.1) is 19.6 Å². The molecule has 0 bridgehead atoms. The monoisotopic (exact) mass is 286 g/mol. The van der Waals surface area contributed by atoms with Crippen molar-refractivity contribution < 1.29 is 24.4 Å². The number of fused-ring (bicyclic) bond motifs is 5. The Hall–Kier alpha value is -2.56. The van der Waals surface area contributed by atoms with E-state index in [0.29, 0.717) is 23.9 Å². The molecule has 2 aromatic carbocycles. The van der Waals surface area contributed by atoms with Crippen LogP contribution in [0.25, 0.3) is 0 Å². The van der Waals surface area contributed by atoms with Crippen molar-refractivity contribution in [2.75, 3.05) is 13.7 Å². The average molecular weight is 286 g/mol. The van der Waals surface area contributed by atoms with Gasteiger partial charge in [-0.2, -0.15) is 0 Å². The van der Waals surface area contributed by atoms with Gasteiger partial charge in [0.2, 0.25) is 5.75 Å². The topological polar surface area (TPSA) is 68.2 Å². The second-order valence-corrected chi connectivity index (χ2v) is 5.21. The van der Waals surface area contributed by atoms with Crippen LogP contribution in [0.5, 0.6) is 28.7 Å². The number of ether oxygens (including phenoxy) is 3. The number of rotatable bonds is 1. The minimum Gasteiger partial charge on any atom is -0.508 e. The lowest BCUT2D eigenvalue weighted by molar-refractivity contribution is 0.135. The molecule has 2 aliphatic rings. The molecule has 5 nitrogen and oxygen atoms in total. The fourth-order valence-corrected chi connectivity index (χ4v) is 3.05. The highest BCUT2D eigenvalue weighted by Crippen LogP contribution is 2.54. The Morgan fingerprint density at radius 2 is 1.95 bits per heavy atom. The van der Waals surface area contributed by atoms with Crippen molar-refractivity contribution in [3.05, 3.63) is 41.5 Å². The Labute approximate surface area is 121 Å². The third-order valence-electron chi connectivity index (χ3n) is 4.07. The number of hydrogen-bond acceptors (Lipinski definition) is 5. The number of phenols is 2. The summed E-state index contributed by atoms with van der Waals surface area (Å²) in [5, 5.41) is 19.7. The first-order chi connectivity index (χ1) is 10.2. The van der Waals surface area contributed by atoms with Crippen molar-refractivity contribution in [2.45, 2.75) is 12.0 Å². The molecule has 5 heteroatoms. The van der Waals surface area contributed by atoms with Crippen LogP contribution in [0.2, 0.25) is 0 Å². The predicted molar refractivity (Wildman–Crippen MR) is 74.4 cm³/mol. The van der Waals surface area contributed by atoms with E-state index in [9.17, 15) is 10.2 Å². The molecule has 0 saturated carbocycles. The van der Waals surface area contributed by atoms with Gasteiger partial charge in [0.25, 0.3) is 0 Å². The average Bonchev–Trinajstić information content (AvgIpc) is 2.85. The van der Waals surface area contributed by atoms with Gasteiger partial charge in [0.15, 0.2) is 11.5 Å². The first-order valence-corrected chi connectivity index (χ1v) is 6.71. The minimum absolute atomic E-state index is 0.00384. The van der Waals surface area contributed by atoms with Crippen LogP contribution in [0.1, 0.15) is 23.1 Å². The van der Waals surface area contributed by atoms with Crippen molar-refractivity contribution >= 4 is 0 Å². The number of phenolic OH excluding ortho intramolecular Hbond substituents is 2. The summed E-state index contributed by atoms with van der Waals surface area (Å²) < 4.78 is 16.8. The third kappa shape index (κ3) is 1.63. The summed E-state index contributed by atoms with van der Waals surface area (Å²) in [4.78, 5) is 0. The van der Waals surface area contributed by atoms with Gasteiger partial charge < -0.3 is 24.4 Å². The van der Waals surface area contributed by atoms with E-state index in [0.717, 1.165) is 11.1 Å². The van der Waals surface area contributed by atoms with Crippen LogP contribution in [0.3, 0.4) is 0 Å². The molecule has 2 atom stereocenters. The molecule has 4 rings (SSSR count). The Morgan fingerprint density at radius 1 is 1.14 bits per heavy atom. The SMILES string of the molecule is COc1ccc2c(c1O)OC[C@H]1c3ccc(O)cc3O[C@@H]21. The van der Waals surface area contributed by atoms with Gasteiger partial charge in [0, 0.05) is 17.2 Å². The normalized spacial score (nSPS) is 21.6. The van der Waals surface area contributed by atoms with E-state index in [1.807, 2.05) is 12.1 Å². The summed E-state index contributed by atoms with van der Waals surface area (Å²) >= 11 is 0. The molecule has 0 amide bonds. The lowest BCUT2D eigenvalue weighted by Gasteiger charge is -2.28. The summed E-state index contributed by atoms with van der Waals surface area (Å²) in [7, 11) is 1.50. The second-order valence-electron chi connectivity index (χ2n) is 5.21. The molecule has 0 radical (unpaired) electrons. The largest absolute Gasteiger partial charge is 0.508 e.